The maximum Gasteiger partial charge on any atom is 0.423 e. The highest BCUT2D eigenvalue weighted by Crippen LogP contribution is 2.34. The van der Waals surface area contributed by atoms with Crippen LogP contribution in [0.4, 0.5) is 0 Å². The van der Waals surface area contributed by atoms with E-state index in [4.69, 9.17) is 9.47 Å². The molecule has 3 heteroatoms. The number of carbonyl (C=O) groups excluding carboxylic acids is 1. The molecule has 2 aromatic rings. The van der Waals surface area contributed by atoms with Gasteiger partial charge in [0.25, 0.3) is 0 Å². The number of benzene rings is 2. The van der Waals surface area contributed by atoms with Crippen LogP contribution in [0.15, 0.2) is 36.4 Å². The van der Waals surface area contributed by atoms with Crippen LogP contribution < -0.4 is 9.47 Å². The van der Waals surface area contributed by atoms with Gasteiger partial charge in [-0.3, -0.25) is 0 Å². The first kappa shape index (κ1) is 9.52. The van der Waals surface area contributed by atoms with Crippen molar-refractivity contribution in [1.29, 1.82) is 0 Å². The molecule has 0 N–H and O–H groups in total. The van der Waals surface area contributed by atoms with Gasteiger partial charge >= 0.3 is 6.47 Å². The van der Waals surface area contributed by atoms with Crippen molar-refractivity contribution in [3.63, 3.8) is 0 Å². The molecule has 3 nitrogen and oxygen atoms in total. The summed E-state index contributed by atoms with van der Waals surface area (Å²) in [5, 5.41) is 1.94. The van der Waals surface area contributed by atoms with Crippen LogP contribution in [-0.4, -0.2) is 13.6 Å². The summed E-state index contributed by atoms with van der Waals surface area (Å²) >= 11 is 0. The molecule has 0 amide bonds. The molecule has 0 aliphatic carbocycles. The van der Waals surface area contributed by atoms with Crippen LogP contribution in [0.5, 0.6) is 11.5 Å². The molecule has 0 aliphatic heterocycles. The molecule has 1 radical (unpaired) electrons. The van der Waals surface area contributed by atoms with Crippen LogP contribution in [0, 0.1) is 0 Å². The quantitative estimate of drug-likeness (QED) is 0.764. The lowest BCUT2D eigenvalue weighted by molar-refractivity contribution is 0.383. The molecule has 0 saturated carbocycles. The van der Waals surface area contributed by atoms with Crippen molar-refractivity contribution in [3.8, 4) is 11.5 Å². The van der Waals surface area contributed by atoms with Gasteiger partial charge in [0, 0.05) is 5.39 Å². The highest BCUT2D eigenvalue weighted by molar-refractivity contribution is 5.91. The van der Waals surface area contributed by atoms with Crippen molar-refractivity contribution in [3.05, 3.63) is 36.4 Å². The predicted molar refractivity (Wildman–Crippen MR) is 56.8 cm³/mol. The van der Waals surface area contributed by atoms with Crippen LogP contribution in [-0.2, 0) is 4.79 Å². The zero-order chi connectivity index (χ0) is 10.7. The molecule has 2 aromatic carbocycles. The zero-order valence-corrected chi connectivity index (χ0v) is 8.19. The molecule has 0 spiro atoms. The van der Waals surface area contributed by atoms with Crippen molar-refractivity contribution in [1.82, 2.24) is 0 Å². The van der Waals surface area contributed by atoms with Crippen molar-refractivity contribution >= 4 is 17.2 Å². The standard InChI is InChI=1S/C12H9O3/c1-14-12-10-5-3-2-4-9(10)6-7-11(12)15-8-13/h2-7H,1H3. The third kappa shape index (κ3) is 1.64. The second-order valence-corrected chi connectivity index (χ2v) is 3.00. The monoisotopic (exact) mass is 201 g/mol. The fraction of sp³-hybridized carbons (Fsp3) is 0.0833. The Morgan fingerprint density at radius 1 is 1.13 bits per heavy atom. The Balaban J connectivity index is 2.69. The van der Waals surface area contributed by atoms with E-state index in [-0.39, 0.29) is 0 Å². The van der Waals surface area contributed by atoms with Gasteiger partial charge in [-0.15, -0.1) is 0 Å². The lowest BCUT2D eigenvalue weighted by Gasteiger charge is -2.08. The summed E-state index contributed by atoms with van der Waals surface area (Å²) in [7, 11) is 1.54. The van der Waals surface area contributed by atoms with Gasteiger partial charge < -0.3 is 9.47 Å². The lowest BCUT2D eigenvalue weighted by atomic mass is 10.1. The summed E-state index contributed by atoms with van der Waals surface area (Å²) in [6, 6.07) is 11.3. The third-order valence-electron chi connectivity index (χ3n) is 2.20. The van der Waals surface area contributed by atoms with Crippen LogP contribution >= 0.6 is 0 Å². The summed E-state index contributed by atoms with van der Waals surface area (Å²) in [6.07, 6.45) is 0. The maximum atomic E-state index is 10.2. The molecule has 0 saturated heterocycles. The number of ether oxygens (including phenoxy) is 2. The van der Waals surface area contributed by atoms with Gasteiger partial charge in [0.15, 0.2) is 11.5 Å². The van der Waals surface area contributed by atoms with E-state index in [1.165, 1.54) is 6.47 Å². The van der Waals surface area contributed by atoms with Gasteiger partial charge in [0.1, 0.15) is 0 Å². The molecule has 0 heterocycles. The molecule has 0 bridgehead atoms. The third-order valence-corrected chi connectivity index (χ3v) is 2.20. The molecule has 0 aliphatic rings. The molecular formula is C12H9O3. The van der Waals surface area contributed by atoms with Crippen molar-refractivity contribution < 1.29 is 14.3 Å². The topological polar surface area (TPSA) is 35.5 Å². The number of rotatable bonds is 3. The first-order valence-electron chi connectivity index (χ1n) is 4.46. The molecular weight excluding hydrogens is 192 g/mol. The summed E-state index contributed by atoms with van der Waals surface area (Å²) < 4.78 is 9.91. The van der Waals surface area contributed by atoms with Crippen LogP contribution in [0.25, 0.3) is 10.8 Å². The van der Waals surface area contributed by atoms with Gasteiger partial charge in [0.05, 0.1) is 7.11 Å². The average molecular weight is 201 g/mol. The molecule has 2 rings (SSSR count). The van der Waals surface area contributed by atoms with Crippen molar-refractivity contribution in [2.24, 2.45) is 0 Å². The number of methoxy groups -OCH3 is 1. The predicted octanol–water partition coefficient (Wildman–Crippen LogP) is 2.29. The van der Waals surface area contributed by atoms with Crippen molar-refractivity contribution in [2.75, 3.05) is 7.11 Å². The van der Waals surface area contributed by atoms with E-state index in [2.05, 4.69) is 0 Å². The van der Waals surface area contributed by atoms with Crippen molar-refractivity contribution in [2.45, 2.75) is 0 Å². The number of hydrogen-bond donors (Lipinski definition) is 0. The largest absolute Gasteiger partial charge is 0.492 e. The normalized spacial score (nSPS) is 9.93. The molecule has 75 valence electrons. The minimum Gasteiger partial charge on any atom is -0.492 e. The Bertz CT molecular complexity index is 491. The molecule has 0 aromatic heterocycles. The second-order valence-electron chi connectivity index (χ2n) is 3.00. The first-order chi connectivity index (χ1) is 7.36. The van der Waals surface area contributed by atoms with E-state index in [0.29, 0.717) is 11.5 Å². The van der Waals surface area contributed by atoms with E-state index in [9.17, 15) is 4.79 Å². The molecule has 15 heavy (non-hydrogen) atoms. The minimum absolute atomic E-state index is 0.381. The van der Waals surface area contributed by atoms with Gasteiger partial charge in [-0.05, 0) is 11.5 Å². The molecule has 0 atom stereocenters. The maximum absolute atomic E-state index is 10.2. The van der Waals surface area contributed by atoms with Gasteiger partial charge in [0.2, 0.25) is 0 Å². The summed E-state index contributed by atoms with van der Waals surface area (Å²) in [5.74, 6) is 0.933. The fourth-order valence-corrected chi connectivity index (χ4v) is 1.56. The van der Waals surface area contributed by atoms with Gasteiger partial charge in [-0.1, -0.05) is 30.3 Å². The van der Waals surface area contributed by atoms with Crippen LogP contribution in [0.1, 0.15) is 0 Å². The Morgan fingerprint density at radius 3 is 2.67 bits per heavy atom. The summed E-state index contributed by atoms with van der Waals surface area (Å²) in [5.41, 5.74) is 0. The minimum atomic E-state index is 0.381. The lowest BCUT2D eigenvalue weighted by Crippen LogP contribution is -1.93. The molecule has 0 fully saturated rings. The Morgan fingerprint density at radius 2 is 1.93 bits per heavy atom. The smallest absolute Gasteiger partial charge is 0.423 e. The Kier molecular flexibility index (Phi) is 2.54. The first-order valence-corrected chi connectivity index (χ1v) is 4.46. The summed E-state index contributed by atoms with van der Waals surface area (Å²) in [6.45, 7) is 1.39. The Labute approximate surface area is 87.2 Å². The second kappa shape index (κ2) is 4.00. The van der Waals surface area contributed by atoms with E-state index < -0.39 is 0 Å². The average Bonchev–Trinajstić information content (AvgIpc) is 2.29. The van der Waals surface area contributed by atoms with E-state index in [1.54, 1.807) is 13.2 Å². The highest BCUT2D eigenvalue weighted by Gasteiger charge is 2.08. The van der Waals surface area contributed by atoms with Crippen LogP contribution in [0.3, 0.4) is 0 Å². The fourth-order valence-electron chi connectivity index (χ4n) is 1.56. The number of hydrogen-bond acceptors (Lipinski definition) is 3. The van der Waals surface area contributed by atoms with E-state index in [0.717, 1.165) is 10.8 Å². The van der Waals surface area contributed by atoms with E-state index >= 15 is 0 Å². The Hall–Kier alpha value is -2.03. The van der Waals surface area contributed by atoms with Gasteiger partial charge in [-0.2, -0.15) is 0 Å². The van der Waals surface area contributed by atoms with E-state index in [1.807, 2.05) is 30.3 Å². The SMILES string of the molecule is COc1c(O[C]=O)ccc2ccccc12. The number of fused-ring (bicyclic) bond motifs is 1. The highest BCUT2D eigenvalue weighted by atomic mass is 16.5. The zero-order valence-electron chi connectivity index (χ0n) is 8.19. The molecule has 0 unspecified atom stereocenters. The van der Waals surface area contributed by atoms with Gasteiger partial charge in [-0.25, -0.2) is 4.79 Å². The summed E-state index contributed by atoms with van der Waals surface area (Å²) in [4.78, 5) is 10.2. The van der Waals surface area contributed by atoms with Crippen LogP contribution in [0.2, 0.25) is 0 Å².